The summed E-state index contributed by atoms with van der Waals surface area (Å²) in [6.45, 7) is 7.48. The average Bonchev–Trinajstić information content (AvgIpc) is 3.32. The molecule has 1 aliphatic carbocycles. The quantitative estimate of drug-likeness (QED) is 0.571. The maximum atomic E-state index is 13.4. The molecule has 2 aliphatic rings. The third-order valence-corrected chi connectivity index (χ3v) is 6.09. The highest BCUT2D eigenvalue weighted by Gasteiger charge is 2.39. The largest absolute Gasteiger partial charge is 0.332 e. The van der Waals surface area contributed by atoms with Crippen molar-refractivity contribution in [3.63, 3.8) is 0 Å². The molecule has 2 fully saturated rings. The summed E-state index contributed by atoms with van der Waals surface area (Å²) in [5, 5.41) is 15.5. The Balaban J connectivity index is 1.27. The van der Waals surface area contributed by atoms with Crippen LogP contribution in [-0.2, 0) is 0 Å². The number of hydrogen-bond acceptors (Lipinski definition) is 9. The molecule has 0 N–H and O–H groups in total. The van der Waals surface area contributed by atoms with E-state index < -0.39 is 0 Å². The monoisotopic (exact) mass is 437 g/mol. The highest BCUT2D eigenvalue weighted by Crippen LogP contribution is 2.34. The lowest BCUT2D eigenvalue weighted by atomic mass is 10.0. The predicted octanol–water partition coefficient (Wildman–Crippen LogP) is 2.15. The van der Waals surface area contributed by atoms with E-state index >= 15 is 0 Å². The first-order valence-electron chi connectivity index (χ1n) is 11.1. The van der Waals surface area contributed by atoms with Gasteiger partial charge in [0, 0.05) is 37.3 Å². The van der Waals surface area contributed by atoms with Gasteiger partial charge in [-0.3, -0.25) is 4.79 Å². The Hall–Kier alpha value is -3.37. The molecule has 0 bridgehead atoms. The van der Waals surface area contributed by atoms with Crippen molar-refractivity contribution in [1.82, 2.24) is 40.2 Å². The lowest BCUT2D eigenvalue weighted by Crippen LogP contribution is -2.48. The van der Waals surface area contributed by atoms with E-state index in [2.05, 4.69) is 40.4 Å². The molecule has 1 aliphatic heterocycles. The summed E-state index contributed by atoms with van der Waals surface area (Å²) in [4.78, 5) is 26.5. The fraction of sp³-hybridized carbons (Fsp3) is 0.571. The summed E-state index contributed by atoms with van der Waals surface area (Å²) < 4.78 is 6.99. The van der Waals surface area contributed by atoms with E-state index in [1.54, 1.807) is 23.9 Å². The number of hydrogen-bond donors (Lipinski definition) is 0. The molecule has 1 saturated heterocycles. The summed E-state index contributed by atoms with van der Waals surface area (Å²) in [5.41, 5.74) is 0.590. The van der Waals surface area contributed by atoms with Crippen LogP contribution in [0.5, 0.6) is 0 Å². The molecule has 0 aromatic carbocycles. The molecule has 3 aromatic heterocycles. The zero-order valence-electron chi connectivity index (χ0n) is 18.5. The highest BCUT2D eigenvalue weighted by atomic mass is 16.5. The van der Waals surface area contributed by atoms with Crippen LogP contribution >= 0.6 is 0 Å². The minimum Gasteiger partial charge on any atom is -0.332 e. The van der Waals surface area contributed by atoms with Crippen molar-refractivity contribution in [3.05, 3.63) is 35.5 Å². The van der Waals surface area contributed by atoms with E-state index in [1.165, 1.54) is 0 Å². The van der Waals surface area contributed by atoms with Gasteiger partial charge in [-0.15, -0.1) is 5.10 Å². The van der Waals surface area contributed by atoms with Gasteiger partial charge in [-0.1, -0.05) is 19.0 Å². The van der Waals surface area contributed by atoms with Gasteiger partial charge in [0.15, 0.2) is 17.5 Å². The van der Waals surface area contributed by atoms with Gasteiger partial charge in [-0.05, 0) is 55.2 Å². The van der Waals surface area contributed by atoms with Crippen molar-refractivity contribution < 1.29 is 9.32 Å². The van der Waals surface area contributed by atoms with Crippen LogP contribution in [0.4, 0.5) is 6.01 Å². The average molecular weight is 438 g/mol. The van der Waals surface area contributed by atoms with Crippen molar-refractivity contribution in [2.45, 2.75) is 64.5 Å². The molecule has 11 heteroatoms. The molecular formula is C21H27N9O2. The first kappa shape index (κ1) is 20.5. The first-order valence-corrected chi connectivity index (χ1v) is 11.1. The van der Waals surface area contributed by atoms with Gasteiger partial charge in [-0.25, -0.2) is 4.98 Å². The smallest absolute Gasteiger partial charge is 0.324 e. The number of pyridine rings is 1. The van der Waals surface area contributed by atoms with Crippen LogP contribution in [0.2, 0.25) is 0 Å². The Morgan fingerprint density at radius 1 is 1.16 bits per heavy atom. The molecule has 1 amide bonds. The minimum absolute atomic E-state index is 0.0401. The topological polar surface area (TPSA) is 119 Å². The first-order chi connectivity index (χ1) is 15.5. The Kier molecular flexibility index (Phi) is 5.32. The molecule has 5 rings (SSSR count). The molecule has 0 atom stereocenters. The number of aryl methyl sites for hydroxylation is 1. The second-order valence-electron chi connectivity index (χ2n) is 8.79. The normalized spacial score (nSPS) is 17.2. The summed E-state index contributed by atoms with van der Waals surface area (Å²) >= 11 is 0. The highest BCUT2D eigenvalue weighted by molar-refractivity contribution is 5.94. The fourth-order valence-electron chi connectivity index (χ4n) is 4.14. The van der Waals surface area contributed by atoms with Crippen LogP contribution in [0, 0.1) is 6.92 Å². The Labute approximate surface area is 185 Å². The number of amides is 1. The van der Waals surface area contributed by atoms with Crippen LogP contribution in [0.3, 0.4) is 0 Å². The predicted molar refractivity (Wildman–Crippen MR) is 114 cm³/mol. The van der Waals surface area contributed by atoms with Crippen LogP contribution in [-0.4, -0.2) is 71.3 Å². The number of piperidine rings is 1. The van der Waals surface area contributed by atoms with E-state index in [9.17, 15) is 4.79 Å². The van der Waals surface area contributed by atoms with E-state index in [0.29, 0.717) is 29.3 Å². The van der Waals surface area contributed by atoms with Gasteiger partial charge in [-0.2, -0.15) is 9.67 Å². The molecule has 0 radical (unpaired) electrons. The minimum atomic E-state index is 0.0401. The van der Waals surface area contributed by atoms with E-state index in [1.807, 2.05) is 19.9 Å². The molecule has 0 unspecified atom stereocenters. The number of tetrazole rings is 1. The van der Waals surface area contributed by atoms with Crippen molar-refractivity contribution >= 4 is 11.9 Å². The molecule has 32 heavy (non-hydrogen) atoms. The molecule has 0 spiro atoms. The SMILES string of the molecule is Cc1nnnn1-c1ccc(C(=O)N(C2CC2)C2CCN(c3nc(C(C)C)no3)CC2)cn1. The molecule has 1 saturated carbocycles. The third kappa shape index (κ3) is 3.94. The second kappa shape index (κ2) is 8.29. The van der Waals surface area contributed by atoms with Gasteiger partial charge in [0.2, 0.25) is 0 Å². The van der Waals surface area contributed by atoms with Gasteiger partial charge >= 0.3 is 6.01 Å². The molecule has 11 nitrogen and oxygen atoms in total. The van der Waals surface area contributed by atoms with E-state index in [-0.39, 0.29) is 17.9 Å². The third-order valence-electron chi connectivity index (χ3n) is 6.09. The Bertz CT molecular complexity index is 1080. The Morgan fingerprint density at radius 3 is 2.47 bits per heavy atom. The number of carbonyl (C=O) groups is 1. The fourth-order valence-corrected chi connectivity index (χ4v) is 4.14. The zero-order chi connectivity index (χ0) is 22.2. The van der Waals surface area contributed by atoms with E-state index in [4.69, 9.17) is 4.52 Å². The van der Waals surface area contributed by atoms with Crippen LogP contribution < -0.4 is 4.90 Å². The lowest BCUT2D eigenvalue weighted by molar-refractivity contribution is 0.0629. The molecule has 4 heterocycles. The number of rotatable bonds is 6. The second-order valence-corrected chi connectivity index (χ2v) is 8.79. The molecular weight excluding hydrogens is 410 g/mol. The van der Waals surface area contributed by atoms with Crippen molar-refractivity contribution in [3.8, 4) is 5.82 Å². The van der Waals surface area contributed by atoms with Crippen molar-refractivity contribution in [2.75, 3.05) is 18.0 Å². The molecule has 3 aromatic rings. The van der Waals surface area contributed by atoms with Gasteiger partial charge in [0.25, 0.3) is 5.91 Å². The van der Waals surface area contributed by atoms with Crippen LogP contribution in [0.1, 0.15) is 67.5 Å². The number of carbonyl (C=O) groups excluding carboxylic acids is 1. The van der Waals surface area contributed by atoms with Gasteiger partial charge in [0.05, 0.1) is 5.56 Å². The Morgan fingerprint density at radius 2 is 1.91 bits per heavy atom. The van der Waals surface area contributed by atoms with Gasteiger partial charge < -0.3 is 14.3 Å². The van der Waals surface area contributed by atoms with E-state index in [0.717, 1.165) is 44.6 Å². The maximum Gasteiger partial charge on any atom is 0.324 e. The van der Waals surface area contributed by atoms with Gasteiger partial charge in [0.1, 0.15) is 0 Å². The number of aromatic nitrogens is 7. The van der Waals surface area contributed by atoms with Crippen LogP contribution in [0.25, 0.3) is 5.82 Å². The lowest BCUT2D eigenvalue weighted by Gasteiger charge is -2.38. The van der Waals surface area contributed by atoms with Crippen molar-refractivity contribution in [1.29, 1.82) is 0 Å². The summed E-state index contributed by atoms with van der Waals surface area (Å²) in [6, 6.07) is 4.68. The van der Waals surface area contributed by atoms with Crippen LogP contribution in [0.15, 0.2) is 22.9 Å². The van der Waals surface area contributed by atoms with Crippen molar-refractivity contribution in [2.24, 2.45) is 0 Å². The number of nitrogens with zero attached hydrogens (tertiary/aromatic N) is 9. The maximum absolute atomic E-state index is 13.4. The number of anilines is 1. The summed E-state index contributed by atoms with van der Waals surface area (Å²) in [7, 11) is 0. The summed E-state index contributed by atoms with van der Waals surface area (Å²) in [6.07, 6.45) is 5.48. The summed E-state index contributed by atoms with van der Waals surface area (Å²) in [5.74, 6) is 2.24. The molecule has 168 valence electrons. The zero-order valence-corrected chi connectivity index (χ0v) is 18.5. The standard InChI is InChI=1S/C21H27N9O2/c1-13(2)19-23-21(32-25-19)28-10-8-17(9-11-28)29(16-5-6-16)20(31)15-4-7-18(22-12-15)30-14(3)24-26-27-30/h4,7,12-13,16-17H,5-6,8-11H2,1-3H3.